The fraction of sp³-hybridized carbons (Fsp3) is 0.579. The molecular weight excluding hydrogens is 338 g/mol. The van der Waals surface area contributed by atoms with Crippen LogP contribution in [-0.4, -0.2) is 36.3 Å². The molecule has 0 spiro atoms. The number of nitrogens with zero attached hydrogens (tertiary/aromatic N) is 1. The van der Waals surface area contributed by atoms with Gasteiger partial charge in [0.05, 0.1) is 11.3 Å². The van der Waals surface area contributed by atoms with Crippen LogP contribution in [-0.2, 0) is 4.79 Å². The van der Waals surface area contributed by atoms with E-state index in [4.69, 9.17) is 17.3 Å². The molecule has 3 N–H and O–H groups in total. The van der Waals surface area contributed by atoms with Gasteiger partial charge in [-0.1, -0.05) is 24.4 Å². The summed E-state index contributed by atoms with van der Waals surface area (Å²) in [6.07, 6.45) is 7.51. The number of rotatable bonds is 8. The van der Waals surface area contributed by atoms with Crippen molar-refractivity contribution in [3.8, 4) is 0 Å². The fourth-order valence-electron chi connectivity index (χ4n) is 3.07. The van der Waals surface area contributed by atoms with E-state index >= 15 is 0 Å². The van der Waals surface area contributed by atoms with Crippen molar-refractivity contribution in [3.05, 3.63) is 28.8 Å². The molecule has 2 amide bonds. The quantitative estimate of drug-likeness (QED) is 0.688. The van der Waals surface area contributed by atoms with Crippen LogP contribution in [0, 0.1) is 0 Å². The molecule has 0 aromatic heterocycles. The SMILES string of the molecule is NCCCCCCC(=O)Nc1cc(Cl)ccc1C(=O)N1CCCCC1. The maximum Gasteiger partial charge on any atom is 0.255 e. The van der Waals surface area contributed by atoms with Gasteiger partial charge in [-0.15, -0.1) is 0 Å². The van der Waals surface area contributed by atoms with Gasteiger partial charge < -0.3 is 16.0 Å². The Labute approximate surface area is 154 Å². The summed E-state index contributed by atoms with van der Waals surface area (Å²) in [6.45, 7) is 2.24. The van der Waals surface area contributed by atoms with E-state index in [1.807, 2.05) is 4.90 Å². The Bertz CT molecular complexity index is 586. The lowest BCUT2D eigenvalue weighted by atomic mass is 10.1. The molecule has 1 aromatic carbocycles. The number of hydrogen-bond acceptors (Lipinski definition) is 3. The number of anilines is 1. The Hall–Kier alpha value is -1.59. The van der Waals surface area contributed by atoms with Crippen LogP contribution in [0.25, 0.3) is 0 Å². The van der Waals surface area contributed by atoms with Gasteiger partial charge in [0.1, 0.15) is 0 Å². The third-order valence-corrected chi connectivity index (χ3v) is 4.72. The number of carbonyl (C=O) groups excluding carboxylic acids is 2. The fourth-order valence-corrected chi connectivity index (χ4v) is 3.24. The number of unbranched alkanes of at least 4 members (excludes halogenated alkanes) is 3. The molecule has 2 rings (SSSR count). The van der Waals surface area contributed by atoms with E-state index in [1.54, 1.807) is 18.2 Å². The highest BCUT2D eigenvalue weighted by Crippen LogP contribution is 2.24. The Morgan fingerprint density at radius 1 is 1.08 bits per heavy atom. The lowest BCUT2D eigenvalue weighted by Crippen LogP contribution is -2.36. The topological polar surface area (TPSA) is 75.4 Å². The van der Waals surface area contributed by atoms with Gasteiger partial charge in [-0.3, -0.25) is 9.59 Å². The summed E-state index contributed by atoms with van der Waals surface area (Å²) in [4.78, 5) is 26.8. The summed E-state index contributed by atoms with van der Waals surface area (Å²) in [5, 5.41) is 3.37. The first-order valence-electron chi connectivity index (χ1n) is 9.20. The predicted octanol–water partition coefficient (Wildman–Crippen LogP) is 3.81. The highest BCUT2D eigenvalue weighted by Gasteiger charge is 2.21. The molecule has 0 saturated carbocycles. The Kier molecular flexibility index (Phi) is 8.22. The van der Waals surface area contributed by atoms with Crippen molar-refractivity contribution >= 4 is 29.1 Å². The second-order valence-corrected chi connectivity index (χ2v) is 6.98. The van der Waals surface area contributed by atoms with Crippen molar-refractivity contribution in [2.75, 3.05) is 25.0 Å². The lowest BCUT2D eigenvalue weighted by Gasteiger charge is -2.27. The molecule has 0 bridgehead atoms. The van der Waals surface area contributed by atoms with Gasteiger partial charge in [0, 0.05) is 24.5 Å². The average Bonchev–Trinajstić information content (AvgIpc) is 2.62. The second kappa shape index (κ2) is 10.4. The Morgan fingerprint density at radius 3 is 2.52 bits per heavy atom. The molecule has 1 heterocycles. The van der Waals surface area contributed by atoms with Crippen molar-refractivity contribution in [2.45, 2.75) is 51.4 Å². The van der Waals surface area contributed by atoms with Gasteiger partial charge in [-0.05, 0) is 56.8 Å². The van der Waals surface area contributed by atoms with Crippen LogP contribution in [0.2, 0.25) is 5.02 Å². The van der Waals surface area contributed by atoms with Gasteiger partial charge in [0.15, 0.2) is 0 Å². The molecule has 0 unspecified atom stereocenters. The van der Waals surface area contributed by atoms with Gasteiger partial charge in [0.25, 0.3) is 5.91 Å². The van der Waals surface area contributed by atoms with Gasteiger partial charge in [-0.25, -0.2) is 0 Å². The van der Waals surface area contributed by atoms with Crippen LogP contribution in [0.5, 0.6) is 0 Å². The molecule has 0 radical (unpaired) electrons. The van der Waals surface area contributed by atoms with E-state index in [9.17, 15) is 9.59 Å². The third kappa shape index (κ3) is 6.33. The van der Waals surface area contributed by atoms with E-state index in [2.05, 4.69) is 5.32 Å². The van der Waals surface area contributed by atoms with Crippen LogP contribution in [0.3, 0.4) is 0 Å². The minimum atomic E-state index is -0.0808. The summed E-state index contributed by atoms with van der Waals surface area (Å²) < 4.78 is 0. The molecule has 25 heavy (non-hydrogen) atoms. The van der Waals surface area contributed by atoms with Crippen LogP contribution >= 0.6 is 11.6 Å². The van der Waals surface area contributed by atoms with E-state index in [1.165, 1.54) is 0 Å². The number of likely N-dealkylation sites (tertiary alicyclic amines) is 1. The lowest BCUT2D eigenvalue weighted by molar-refractivity contribution is -0.116. The molecule has 1 fully saturated rings. The molecule has 1 aliphatic heterocycles. The summed E-state index contributed by atoms with van der Waals surface area (Å²) in [5.74, 6) is -0.114. The van der Waals surface area contributed by atoms with E-state index in [0.717, 1.165) is 58.0 Å². The number of carbonyl (C=O) groups is 2. The number of benzene rings is 1. The molecule has 1 saturated heterocycles. The Balaban J connectivity index is 1.97. The number of halogens is 1. The number of nitrogens with two attached hydrogens (primary N) is 1. The van der Waals surface area contributed by atoms with Gasteiger partial charge in [-0.2, -0.15) is 0 Å². The zero-order chi connectivity index (χ0) is 18.1. The molecule has 5 nitrogen and oxygen atoms in total. The highest BCUT2D eigenvalue weighted by molar-refractivity contribution is 6.31. The number of amides is 2. The molecule has 1 aromatic rings. The standard InChI is InChI=1S/C19H28ClN3O2/c20-15-9-10-16(19(25)23-12-6-3-7-13-23)17(14-15)22-18(24)8-4-1-2-5-11-21/h9-10,14H,1-8,11-13,21H2,(H,22,24). The van der Waals surface area contributed by atoms with Crippen molar-refractivity contribution in [3.63, 3.8) is 0 Å². The number of nitrogens with one attached hydrogen (secondary N) is 1. The molecule has 0 aliphatic carbocycles. The maximum absolute atomic E-state index is 12.8. The third-order valence-electron chi connectivity index (χ3n) is 4.49. The summed E-state index contributed by atoms with van der Waals surface area (Å²) in [6, 6.07) is 5.06. The average molecular weight is 366 g/mol. The van der Waals surface area contributed by atoms with Crippen molar-refractivity contribution in [2.24, 2.45) is 5.73 Å². The first-order chi connectivity index (χ1) is 12.1. The summed E-state index contributed by atoms with van der Waals surface area (Å²) >= 11 is 6.06. The van der Waals surface area contributed by atoms with E-state index in [0.29, 0.717) is 29.2 Å². The predicted molar refractivity (Wildman–Crippen MR) is 102 cm³/mol. The van der Waals surface area contributed by atoms with Crippen LogP contribution in [0.15, 0.2) is 18.2 Å². The Morgan fingerprint density at radius 2 is 1.80 bits per heavy atom. The van der Waals surface area contributed by atoms with Gasteiger partial charge >= 0.3 is 0 Å². The smallest absolute Gasteiger partial charge is 0.255 e. The minimum Gasteiger partial charge on any atom is -0.339 e. The molecule has 6 heteroatoms. The largest absolute Gasteiger partial charge is 0.339 e. The van der Waals surface area contributed by atoms with Crippen molar-refractivity contribution < 1.29 is 9.59 Å². The summed E-state index contributed by atoms with van der Waals surface area (Å²) in [7, 11) is 0. The molecule has 138 valence electrons. The first-order valence-corrected chi connectivity index (χ1v) is 9.58. The normalized spacial score (nSPS) is 14.4. The monoisotopic (exact) mass is 365 g/mol. The first kappa shape index (κ1) is 19.7. The van der Waals surface area contributed by atoms with Crippen LogP contribution in [0.4, 0.5) is 5.69 Å². The highest BCUT2D eigenvalue weighted by atomic mass is 35.5. The minimum absolute atomic E-state index is 0.0328. The van der Waals surface area contributed by atoms with Crippen molar-refractivity contribution in [1.82, 2.24) is 4.90 Å². The second-order valence-electron chi connectivity index (χ2n) is 6.54. The zero-order valence-electron chi connectivity index (χ0n) is 14.7. The van der Waals surface area contributed by atoms with E-state index < -0.39 is 0 Å². The molecular formula is C19H28ClN3O2. The molecule has 0 atom stereocenters. The van der Waals surface area contributed by atoms with E-state index in [-0.39, 0.29) is 11.8 Å². The van der Waals surface area contributed by atoms with Crippen molar-refractivity contribution in [1.29, 1.82) is 0 Å². The zero-order valence-corrected chi connectivity index (χ0v) is 15.5. The maximum atomic E-state index is 12.8. The van der Waals surface area contributed by atoms with Gasteiger partial charge in [0.2, 0.25) is 5.91 Å². The van der Waals surface area contributed by atoms with Crippen LogP contribution < -0.4 is 11.1 Å². The number of piperidine rings is 1. The summed E-state index contributed by atoms with van der Waals surface area (Å²) in [5.41, 5.74) is 6.49. The molecule has 1 aliphatic rings. The number of hydrogen-bond donors (Lipinski definition) is 2. The van der Waals surface area contributed by atoms with Crippen LogP contribution in [0.1, 0.15) is 61.7 Å².